The molecule has 2 aliphatic rings. The summed E-state index contributed by atoms with van der Waals surface area (Å²) in [5, 5.41) is 12.9. The number of halogens is 4. The molecule has 30 heavy (non-hydrogen) atoms. The van der Waals surface area contributed by atoms with Gasteiger partial charge in [0.05, 0.1) is 16.6 Å². The van der Waals surface area contributed by atoms with E-state index in [0.717, 1.165) is 19.3 Å². The molecule has 2 saturated carbocycles. The molecular formula is C21H25F4N3O2. The van der Waals surface area contributed by atoms with Crippen molar-refractivity contribution in [3.63, 3.8) is 0 Å². The van der Waals surface area contributed by atoms with Crippen LogP contribution < -0.4 is 5.32 Å². The van der Waals surface area contributed by atoms with Crippen molar-refractivity contribution in [3.8, 4) is 0 Å². The van der Waals surface area contributed by atoms with Gasteiger partial charge in [-0.15, -0.1) is 0 Å². The third kappa shape index (κ3) is 3.18. The minimum absolute atomic E-state index is 0.208. The first-order valence-corrected chi connectivity index (χ1v) is 10.1. The van der Waals surface area contributed by atoms with Gasteiger partial charge in [-0.25, -0.2) is 4.98 Å². The maximum Gasteiger partial charge on any atom is 0.313 e. The average Bonchev–Trinajstić information content (AvgIpc) is 2.95. The molecule has 2 aliphatic carbocycles. The molecule has 1 atom stereocenters. The van der Waals surface area contributed by atoms with Crippen LogP contribution in [0.3, 0.4) is 0 Å². The van der Waals surface area contributed by atoms with E-state index in [0.29, 0.717) is 16.6 Å². The largest absolute Gasteiger partial charge is 0.386 e. The highest BCUT2D eigenvalue weighted by Crippen LogP contribution is 2.56. The van der Waals surface area contributed by atoms with Gasteiger partial charge < -0.3 is 9.67 Å². The minimum atomic E-state index is -4.17. The lowest BCUT2D eigenvalue weighted by molar-refractivity contribution is -0.313. The second-order valence-electron chi connectivity index (χ2n) is 9.36. The average molecular weight is 427 g/mol. The maximum absolute atomic E-state index is 13.6. The van der Waals surface area contributed by atoms with Gasteiger partial charge in [0, 0.05) is 24.3 Å². The van der Waals surface area contributed by atoms with Crippen LogP contribution >= 0.6 is 0 Å². The molecule has 4 rings (SSSR count). The second kappa shape index (κ2) is 6.42. The van der Waals surface area contributed by atoms with Gasteiger partial charge in [-0.3, -0.25) is 10.1 Å². The van der Waals surface area contributed by atoms with E-state index >= 15 is 0 Å². The summed E-state index contributed by atoms with van der Waals surface area (Å²) in [6.07, 6.45) is 0.994. The van der Waals surface area contributed by atoms with E-state index in [1.807, 2.05) is 17.6 Å². The number of aliphatic hydroxyl groups is 1. The van der Waals surface area contributed by atoms with Gasteiger partial charge in [-0.1, -0.05) is 6.07 Å². The zero-order valence-electron chi connectivity index (χ0n) is 17.1. The molecule has 1 aromatic heterocycles. The van der Waals surface area contributed by atoms with Crippen molar-refractivity contribution in [2.24, 2.45) is 5.92 Å². The number of benzene rings is 1. The third-order valence-corrected chi connectivity index (χ3v) is 6.52. The number of hydrogen-bond donors (Lipinski definition) is 2. The molecule has 0 aliphatic heterocycles. The molecule has 0 radical (unpaired) electrons. The van der Waals surface area contributed by atoms with Gasteiger partial charge in [0.15, 0.2) is 0 Å². The Balaban J connectivity index is 1.65. The highest BCUT2D eigenvalue weighted by molar-refractivity contribution is 5.92. The van der Waals surface area contributed by atoms with Crippen LogP contribution in [0.2, 0.25) is 0 Å². The summed E-state index contributed by atoms with van der Waals surface area (Å²) < 4.78 is 55.1. The summed E-state index contributed by atoms with van der Waals surface area (Å²) >= 11 is 0. The number of anilines is 1. The Kier molecular flexibility index (Phi) is 4.51. The Morgan fingerprint density at radius 3 is 2.47 bits per heavy atom. The van der Waals surface area contributed by atoms with E-state index in [1.54, 1.807) is 26.0 Å². The number of nitrogens with zero attached hydrogens (tertiary/aromatic N) is 2. The molecule has 0 spiro atoms. The van der Waals surface area contributed by atoms with Crippen molar-refractivity contribution in [1.29, 1.82) is 0 Å². The monoisotopic (exact) mass is 427 g/mol. The van der Waals surface area contributed by atoms with Crippen LogP contribution in [0.15, 0.2) is 18.2 Å². The molecule has 2 N–H and O–H groups in total. The van der Waals surface area contributed by atoms with Crippen LogP contribution in [0.1, 0.15) is 58.4 Å². The zero-order valence-corrected chi connectivity index (χ0v) is 17.1. The predicted octanol–water partition coefficient (Wildman–Crippen LogP) is 4.78. The van der Waals surface area contributed by atoms with Crippen LogP contribution in [0, 0.1) is 5.92 Å². The molecule has 1 aromatic carbocycles. The number of alkyl halides is 4. The van der Waals surface area contributed by atoms with E-state index in [4.69, 9.17) is 0 Å². The first-order valence-electron chi connectivity index (χ1n) is 10.1. The highest BCUT2D eigenvalue weighted by Gasteiger charge is 2.71. The topological polar surface area (TPSA) is 67.2 Å². The highest BCUT2D eigenvalue weighted by atomic mass is 19.3. The molecule has 164 valence electrons. The number of carbonyl (C=O) groups excluding carboxylic acids is 1. The Bertz CT molecular complexity index is 1010. The molecular weight excluding hydrogens is 402 g/mol. The lowest BCUT2D eigenvalue weighted by Gasteiger charge is -2.43. The SMILES string of the molecule is CC(C)(O)c1ccc2nc(NC(=O)CC3CC(F)(F)C3(F)F)n(C3(C)CCC3)c2c1. The number of imidazole rings is 1. The second-order valence-corrected chi connectivity index (χ2v) is 9.36. The van der Waals surface area contributed by atoms with Gasteiger partial charge in [0.25, 0.3) is 0 Å². The fraction of sp³-hybridized carbons (Fsp3) is 0.619. The fourth-order valence-electron chi connectivity index (χ4n) is 4.34. The van der Waals surface area contributed by atoms with Crippen molar-refractivity contribution in [2.75, 3.05) is 5.32 Å². The Hall–Kier alpha value is -2.16. The van der Waals surface area contributed by atoms with Crippen LogP contribution in [0.25, 0.3) is 11.0 Å². The summed E-state index contributed by atoms with van der Waals surface area (Å²) in [6.45, 7) is 5.35. The molecule has 1 amide bonds. The summed E-state index contributed by atoms with van der Waals surface area (Å²) in [5.41, 5.74) is 0.588. The lowest BCUT2D eigenvalue weighted by atomic mass is 9.74. The molecule has 2 fully saturated rings. The Labute approximate surface area is 171 Å². The Morgan fingerprint density at radius 1 is 1.30 bits per heavy atom. The summed E-state index contributed by atoms with van der Waals surface area (Å²) in [4.78, 5) is 16.9. The van der Waals surface area contributed by atoms with Gasteiger partial charge in [0.2, 0.25) is 11.9 Å². The van der Waals surface area contributed by atoms with Gasteiger partial charge in [0.1, 0.15) is 0 Å². The Morgan fingerprint density at radius 2 is 1.97 bits per heavy atom. The van der Waals surface area contributed by atoms with Gasteiger partial charge >= 0.3 is 11.8 Å². The number of carbonyl (C=O) groups is 1. The normalized spacial score (nSPS) is 24.2. The number of fused-ring (bicyclic) bond motifs is 1. The number of aromatic nitrogens is 2. The maximum atomic E-state index is 13.6. The number of hydrogen-bond acceptors (Lipinski definition) is 3. The van der Waals surface area contributed by atoms with Gasteiger partial charge in [-0.05, 0) is 57.7 Å². The number of rotatable bonds is 5. The van der Waals surface area contributed by atoms with Gasteiger partial charge in [-0.2, -0.15) is 17.6 Å². The number of amides is 1. The van der Waals surface area contributed by atoms with Crippen molar-refractivity contribution in [3.05, 3.63) is 23.8 Å². The molecule has 0 saturated heterocycles. The summed E-state index contributed by atoms with van der Waals surface area (Å²) in [7, 11) is 0. The van der Waals surface area contributed by atoms with Crippen molar-refractivity contribution in [1.82, 2.24) is 9.55 Å². The van der Waals surface area contributed by atoms with Crippen LogP contribution in [0.5, 0.6) is 0 Å². The van der Waals surface area contributed by atoms with E-state index < -0.39 is 42.1 Å². The first kappa shape index (κ1) is 21.1. The van der Waals surface area contributed by atoms with Crippen LogP contribution in [-0.2, 0) is 15.9 Å². The zero-order chi connectivity index (χ0) is 22.1. The molecule has 1 heterocycles. The third-order valence-electron chi connectivity index (χ3n) is 6.52. The predicted molar refractivity (Wildman–Crippen MR) is 104 cm³/mol. The van der Waals surface area contributed by atoms with Crippen molar-refractivity contribution >= 4 is 22.9 Å². The summed E-state index contributed by atoms with van der Waals surface area (Å²) in [5.74, 6) is -10.5. The molecule has 0 bridgehead atoms. The molecule has 9 heteroatoms. The van der Waals surface area contributed by atoms with Crippen molar-refractivity contribution in [2.45, 2.75) is 75.9 Å². The first-order chi connectivity index (χ1) is 13.7. The fourth-order valence-corrected chi connectivity index (χ4v) is 4.34. The molecule has 1 unspecified atom stereocenters. The van der Waals surface area contributed by atoms with E-state index in [9.17, 15) is 27.5 Å². The van der Waals surface area contributed by atoms with Crippen LogP contribution in [0.4, 0.5) is 23.5 Å². The van der Waals surface area contributed by atoms with E-state index in [2.05, 4.69) is 10.3 Å². The number of nitrogens with one attached hydrogen (secondary N) is 1. The van der Waals surface area contributed by atoms with Crippen LogP contribution in [-0.4, -0.2) is 32.4 Å². The van der Waals surface area contributed by atoms with Crippen molar-refractivity contribution < 1.29 is 27.5 Å². The quantitative estimate of drug-likeness (QED) is 0.675. The molecule has 2 aromatic rings. The summed E-state index contributed by atoms with van der Waals surface area (Å²) in [6, 6.07) is 5.28. The smallest absolute Gasteiger partial charge is 0.313 e. The standard InChI is InChI=1S/C21H25F4N3O2/c1-18(2,30)12-5-6-14-15(9-12)28(19(3)7-4-8-19)17(26-14)27-16(29)10-13-11-20(22,23)21(13,24)25/h5-6,9,13,30H,4,7-8,10-11H2,1-3H3,(H,26,27,29). The molecule has 5 nitrogen and oxygen atoms in total. The van der Waals surface area contributed by atoms with E-state index in [1.165, 1.54) is 0 Å². The lowest BCUT2D eigenvalue weighted by Crippen LogP contribution is -2.59. The van der Waals surface area contributed by atoms with E-state index in [-0.39, 0.29) is 11.5 Å². The minimum Gasteiger partial charge on any atom is -0.386 e.